The standard InChI is InChI=1S/C17H19ClN4O4/c1-10-20-15(26-21-10)7-16(24)22-9-13(23)6-14(22)17(25)19-8-11-2-4-12(18)5-3-11/h2-5,13-14,23H,6-9H2,1H3,(H,19,25)/t13-,14+/m1/s1. The minimum atomic E-state index is -0.741. The zero-order valence-corrected chi connectivity index (χ0v) is 14.9. The molecule has 3 rings (SSSR count). The van der Waals surface area contributed by atoms with E-state index in [4.69, 9.17) is 16.1 Å². The molecule has 0 unspecified atom stereocenters. The number of aryl methyl sites for hydroxylation is 1. The summed E-state index contributed by atoms with van der Waals surface area (Å²) in [6.45, 7) is 2.07. The van der Waals surface area contributed by atoms with E-state index in [2.05, 4.69) is 15.5 Å². The van der Waals surface area contributed by atoms with Gasteiger partial charge in [0.05, 0.1) is 6.10 Å². The quantitative estimate of drug-likeness (QED) is 0.798. The number of hydrogen-bond donors (Lipinski definition) is 2. The Morgan fingerprint density at radius 3 is 2.77 bits per heavy atom. The van der Waals surface area contributed by atoms with Crippen LogP contribution in [0.2, 0.25) is 5.02 Å². The van der Waals surface area contributed by atoms with Crippen molar-refractivity contribution < 1.29 is 19.2 Å². The summed E-state index contributed by atoms with van der Waals surface area (Å²) in [6.07, 6.45) is -0.648. The molecule has 26 heavy (non-hydrogen) atoms. The highest BCUT2D eigenvalue weighted by Crippen LogP contribution is 2.20. The monoisotopic (exact) mass is 378 g/mol. The number of aromatic nitrogens is 2. The molecule has 8 nitrogen and oxygen atoms in total. The Labute approximate surface area is 155 Å². The molecule has 138 valence electrons. The van der Waals surface area contributed by atoms with Crippen molar-refractivity contribution >= 4 is 23.4 Å². The smallest absolute Gasteiger partial charge is 0.243 e. The van der Waals surface area contributed by atoms with Gasteiger partial charge in [-0.25, -0.2) is 0 Å². The van der Waals surface area contributed by atoms with Crippen LogP contribution in [0.5, 0.6) is 0 Å². The topological polar surface area (TPSA) is 109 Å². The fraction of sp³-hybridized carbons (Fsp3) is 0.412. The Balaban J connectivity index is 1.61. The fourth-order valence-corrected chi connectivity index (χ4v) is 3.02. The van der Waals surface area contributed by atoms with Crippen LogP contribution in [0.4, 0.5) is 0 Å². The number of benzene rings is 1. The van der Waals surface area contributed by atoms with Gasteiger partial charge in [-0.05, 0) is 24.6 Å². The molecule has 2 N–H and O–H groups in total. The zero-order valence-electron chi connectivity index (χ0n) is 14.2. The van der Waals surface area contributed by atoms with Crippen molar-refractivity contribution in [2.75, 3.05) is 6.54 Å². The molecule has 1 aromatic carbocycles. The number of nitrogens with one attached hydrogen (secondary N) is 1. The van der Waals surface area contributed by atoms with E-state index >= 15 is 0 Å². The predicted octanol–water partition coefficient (Wildman–Crippen LogP) is 0.852. The zero-order chi connectivity index (χ0) is 18.7. The first-order valence-electron chi connectivity index (χ1n) is 8.21. The lowest BCUT2D eigenvalue weighted by Crippen LogP contribution is -2.46. The van der Waals surface area contributed by atoms with Gasteiger partial charge in [-0.15, -0.1) is 0 Å². The average Bonchev–Trinajstić information content (AvgIpc) is 3.19. The van der Waals surface area contributed by atoms with E-state index in [9.17, 15) is 14.7 Å². The van der Waals surface area contributed by atoms with Crippen molar-refractivity contribution in [2.45, 2.75) is 38.5 Å². The van der Waals surface area contributed by atoms with Gasteiger partial charge in [0, 0.05) is 24.5 Å². The minimum Gasteiger partial charge on any atom is -0.391 e. The van der Waals surface area contributed by atoms with Crippen molar-refractivity contribution in [1.82, 2.24) is 20.4 Å². The highest BCUT2D eigenvalue weighted by Gasteiger charge is 2.39. The number of aliphatic hydroxyl groups excluding tert-OH is 1. The molecule has 2 amide bonds. The van der Waals surface area contributed by atoms with Crippen LogP contribution in [0.3, 0.4) is 0 Å². The highest BCUT2D eigenvalue weighted by atomic mass is 35.5. The van der Waals surface area contributed by atoms with Crippen LogP contribution >= 0.6 is 11.6 Å². The number of halogens is 1. The molecule has 2 heterocycles. The Morgan fingerprint density at radius 2 is 2.12 bits per heavy atom. The fourth-order valence-electron chi connectivity index (χ4n) is 2.89. The Kier molecular flexibility index (Phi) is 5.53. The lowest BCUT2D eigenvalue weighted by Gasteiger charge is -2.23. The lowest BCUT2D eigenvalue weighted by molar-refractivity contribution is -0.138. The number of nitrogens with zero attached hydrogens (tertiary/aromatic N) is 3. The van der Waals surface area contributed by atoms with E-state index in [0.29, 0.717) is 17.4 Å². The Hall–Kier alpha value is -2.45. The summed E-state index contributed by atoms with van der Waals surface area (Å²) in [7, 11) is 0. The van der Waals surface area contributed by atoms with Gasteiger partial charge in [0.1, 0.15) is 12.5 Å². The summed E-state index contributed by atoms with van der Waals surface area (Å²) >= 11 is 5.84. The third-order valence-electron chi connectivity index (χ3n) is 4.15. The predicted molar refractivity (Wildman–Crippen MR) is 92.2 cm³/mol. The minimum absolute atomic E-state index is 0.102. The molecule has 0 bridgehead atoms. The molecule has 2 aromatic rings. The molecule has 9 heteroatoms. The van der Waals surface area contributed by atoms with E-state index in [1.54, 1.807) is 19.1 Å². The molecule has 2 atom stereocenters. The number of carbonyl (C=O) groups is 2. The number of amides is 2. The second kappa shape index (κ2) is 7.84. The summed E-state index contributed by atoms with van der Waals surface area (Å²) in [4.78, 5) is 30.4. The van der Waals surface area contributed by atoms with Gasteiger partial charge < -0.3 is 19.8 Å². The summed E-state index contributed by atoms with van der Waals surface area (Å²) in [5.74, 6) is -0.0240. The summed E-state index contributed by atoms with van der Waals surface area (Å²) in [5.41, 5.74) is 0.889. The highest BCUT2D eigenvalue weighted by molar-refractivity contribution is 6.30. The summed E-state index contributed by atoms with van der Waals surface area (Å²) < 4.78 is 4.95. The molecule has 1 aliphatic heterocycles. The molecule has 1 aromatic heterocycles. The van der Waals surface area contributed by atoms with E-state index in [-0.39, 0.29) is 37.1 Å². The van der Waals surface area contributed by atoms with E-state index in [1.807, 2.05) is 12.1 Å². The van der Waals surface area contributed by atoms with Crippen molar-refractivity contribution in [3.05, 3.63) is 46.6 Å². The number of likely N-dealkylation sites (tertiary alicyclic amines) is 1. The van der Waals surface area contributed by atoms with Crippen LogP contribution in [0, 0.1) is 6.92 Å². The van der Waals surface area contributed by atoms with E-state index < -0.39 is 12.1 Å². The Bertz CT molecular complexity index is 792. The normalized spacial score (nSPS) is 19.6. The maximum Gasteiger partial charge on any atom is 0.243 e. The van der Waals surface area contributed by atoms with Gasteiger partial charge in [0.2, 0.25) is 17.7 Å². The van der Waals surface area contributed by atoms with Gasteiger partial charge in [0.15, 0.2) is 5.82 Å². The van der Waals surface area contributed by atoms with Gasteiger partial charge in [-0.2, -0.15) is 4.98 Å². The second-order valence-electron chi connectivity index (χ2n) is 6.21. The first-order valence-corrected chi connectivity index (χ1v) is 8.59. The number of rotatable bonds is 5. The van der Waals surface area contributed by atoms with Gasteiger partial charge in [-0.1, -0.05) is 28.9 Å². The van der Waals surface area contributed by atoms with Crippen LogP contribution in [-0.2, 0) is 22.6 Å². The molecule has 1 fully saturated rings. The van der Waals surface area contributed by atoms with Crippen molar-refractivity contribution in [1.29, 1.82) is 0 Å². The SMILES string of the molecule is Cc1noc(CC(=O)N2C[C@H](O)C[C@H]2C(=O)NCc2ccc(Cl)cc2)n1. The third kappa shape index (κ3) is 4.39. The summed E-state index contributed by atoms with van der Waals surface area (Å²) in [5, 5.41) is 17.0. The molecule has 0 radical (unpaired) electrons. The molecule has 1 saturated heterocycles. The van der Waals surface area contributed by atoms with E-state index in [1.165, 1.54) is 4.90 Å². The summed E-state index contributed by atoms with van der Waals surface area (Å²) in [6, 6.07) is 6.38. The van der Waals surface area contributed by atoms with Crippen LogP contribution in [0.25, 0.3) is 0 Å². The molecule has 0 aliphatic carbocycles. The molecule has 0 spiro atoms. The number of carbonyl (C=O) groups excluding carboxylic acids is 2. The molecule has 1 aliphatic rings. The number of aliphatic hydroxyl groups is 1. The molecule has 0 saturated carbocycles. The first kappa shape index (κ1) is 18.3. The van der Waals surface area contributed by atoms with Crippen LogP contribution in [-0.4, -0.2) is 50.7 Å². The van der Waals surface area contributed by atoms with Gasteiger partial charge in [0.25, 0.3) is 0 Å². The maximum absolute atomic E-state index is 12.5. The van der Waals surface area contributed by atoms with Crippen LogP contribution in [0.15, 0.2) is 28.8 Å². The van der Waals surface area contributed by atoms with Gasteiger partial charge in [-0.3, -0.25) is 9.59 Å². The second-order valence-corrected chi connectivity index (χ2v) is 6.64. The lowest BCUT2D eigenvalue weighted by atomic mass is 10.1. The number of hydrogen-bond acceptors (Lipinski definition) is 6. The Morgan fingerprint density at radius 1 is 1.38 bits per heavy atom. The van der Waals surface area contributed by atoms with Crippen molar-refractivity contribution in [3.63, 3.8) is 0 Å². The van der Waals surface area contributed by atoms with Crippen LogP contribution in [0.1, 0.15) is 23.7 Å². The van der Waals surface area contributed by atoms with Crippen molar-refractivity contribution in [3.8, 4) is 0 Å². The van der Waals surface area contributed by atoms with Crippen LogP contribution < -0.4 is 5.32 Å². The average molecular weight is 379 g/mol. The molecular weight excluding hydrogens is 360 g/mol. The largest absolute Gasteiger partial charge is 0.391 e. The maximum atomic E-state index is 12.5. The van der Waals surface area contributed by atoms with Gasteiger partial charge >= 0.3 is 0 Å². The first-order chi connectivity index (χ1) is 12.4. The third-order valence-corrected chi connectivity index (χ3v) is 4.41. The molecular formula is C17H19ClN4O4. The number of β-amino-alcohol motifs (C(OH)–C–C–N with tert-alkyl or cyclic N) is 1. The van der Waals surface area contributed by atoms with E-state index in [0.717, 1.165) is 5.56 Å². The van der Waals surface area contributed by atoms with Crippen molar-refractivity contribution in [2.24, 2.45) is 0 Å².